The van der Waals surface area contributed by atoms with Gasteiger partial charge in [-0.15, -0.1) is 11.3 Å². The third kappa shape index (κ3) is 5.17. The molecular weight excluding hydrogens is 408 g/mol. The van der Waals surface area contributed by atoms with E-state index in [1.165, 1.54) is 24.3 Å². The van der Waals surface area contributed by atoms with Gasteiger partial charge in [-0.25, -0.2) is 13.1 Å². The normalized spacial score (nSPS) is 11.2. The predicted molar refractivity (Wildman–Crippen MR) is 114 cm³/mol. The molecule has 0 atom stereocenters. The van der Waals surface area contributed by atoms with Gasteiger partial charge in [0.2, 0.25) is 21.7 Å². The van der Waals surface area contributed by atoms with E-state index in [9.17, 15) is 18.0 Å². The fourth-order valence-electron chi connectivity index (χ4n) is 2.80. The molecule has 29 heavy (non-hydrogen) atoms. The minimum absolute atomic E-state index is 0.0853. The molecule has 8 heteroatoms. The fourth-order valence-corrected chi connectivity index (χ4v) is 5.03. The van der Waals surface area contributed by atoms with Crippen molar-refractivity contribution in [2.24, 2.45) is 0 Å². The second-order valence-corrected chi connectivity index (χ2v) is 9.35. The van der Waals surface area contributed by atoms with Crippen molar-refractivity contribution in [2.75, 3.05) is 5.32 Å². The maximum atomic E-state index is 12.7. The molecule has 0 aliphatic heterocycles. The van der Waals surface area contributed by atoms with Crippen LogP contribution in [0.1, 0.15) is 32.6 Å². The summed E-state index contributed by atoms with van der Waals surface area (Å²) in [7, 11) is -3.74. The van der Waals surface area contributed by atoms with Gasteiger partial charge in [-0.2, -0.15) is 0 Å². The van der Waals surface area contributed by atoms with Crippen LogP contribution in [0.4, 0.5) is 5.69 Å². The molecule has 3 rings (SSSR count). The number of amides is 1. The molecule has 150 valence electrons. The van der Waals surface area contributed by atoms with Crippen molar-refractivity contribution in [3.63, 3.8) is 0 Å². The van der Waals surface area contributed by atoms with Gasteiger partial charge in [0, 0.05) is 29.6 Å². The first-order valence-electron chi connectivity index (χ1n) is 8.82. The molecule has 0 spiro atoms. The molecule has 0 fully saturated rings. The summed E-state index contributed by atoms with van der Waals surface area (Å²) in [5, 5.41) is 2.62. The Morgan fingerprint density at radius 3 is 2.38 bits per heavy atom. The van der Waals surface area contributed by atoms with Gasteiger partial charge in [0.1, 0.15) is 0 Å². The van der Waals surface area contributed by atoms with E-state index < -0.39 is 10.0 Å². The number of benzene rings is 2. The number of aryl methyl sites for hydroxylation is 1. The summed E-state index contributed by atoms with van der Waals surface area (Å²) in [5.41, 5.74) is 1.66. The summed E-state index contributed by atoms with van der Waals surface area (Å²) in [5.74, 6) is -0.314. The third-order valence-corrected chi connectivity index (χ3v) is 6.79. The monoisotopic (exact) mass is 428 g/mol. The topological polar surface area (TPSA) is 92.3 Å². The Morgan fingerprint density at radius 2 is 1.72 bits per heavy atom. The minimum Gasteiger partial charge on any atom is -0.326 e. The number of thiophene rings is 1. The van der Waals surface area contributed by atoms with Crippen LogP contribution in [0.5, 0.6) is 0 Å². The van der Waals surface area contributed by atoms with Crippen molar-refractivity contribution in [1.82, 2.24) is 4.72 Å². The summed E-state index contributed by atoms with van der Waals surface area (Å²) >= 11 is 1.26. The molecule has 0 aliphatic rings. The summed E-state index contributed by atoms with van der Waals surface area (Å²) in [6.45, 7) is 3.14. The van der Waals surface area contributed by atoms with E-state index in [4.69, 9.17) is 0 Å². The molecule has 1 amide bonds. The Balaban J connectivity index is 1.70. The summed E-state index contributed by atoms with van der Waals surface area (Å²) in [6, 6.07) is 17.0. The molecule has 0 unspecified atom stereocenters. The predicted octanol–water partition coefficient (Wildman–Crippen LogP) is 3.72. The van der Waals surface area contributed by atoms with Crippen molar-refractivity contribution in [2.45, 2.75) is 25.3 Å². The van der Waals surface area contributed by atoms with Gasteiger partial charge in [-0.3, -0.25) is 9.59 Å². The number of sulfonamides is 1. The second kappa shape index (κ2) is 8.69. The summed E-state index contributed by atoms with van der Waals surface area (Å²) < 4.78 is 27.9. The van der Waals surface area contributed by atoms with E-state index in [2.05, 4.69) is 10.0 Å². The second-order valence-electron chi connectivity index (χ2n) is 6.45. The fraction of sp³-hybridized carbons (Fsp3) is 0.143. The van der Waals surface area contributed by atoms with Gasteiger partial charge in [0.05, 0.1) is 9.77 Å². The van der Waals surface area contributed by atoms with Crippen LogP contribution in [0.2, 0.25) is 0 Å². The Bertz CT molecular complexity index is 1150. The van der Waals surface area contributed by atoms with E-state index in [1.54, 1.807) is 55.5 Å². The molecule has 1 heterocycles. The van der Waals surface area contributed by atoms with Crippen LogP contribution in [-0.4, -0.2) is 20.1 Å². The van der Waals surface area contributed by atoms with Crippen LogP contribution < -0.4 is 10.0 Å². The highest BCUT2D eigenvalue weighted by molar-refractivity contribution is 7.89. The maximum absolute atomic E-state index is 12.7. The molecule has 0 aliphatic carbocycles. The smallest absolute Gasteiger partial charge is 0.241 e. The van der Waals surface area contributed by atoms with Gasteiger partial charge in [-0.1, -0.05) is 30.3 Å². The lowest BCUT2D eigenvalue weighted by atomic mass is 10.1. The van der Waals surface area contributed by atoms with E-state index in [0.717, 1.165) is 4.88 Å². The zero-order chi connectivity index (χ0) is 21.0. The lowest BCUT2D eigenvalue weighted by molar-refractivity contribution is -0.114. The molecular formula is C21H20N2O4S2. The van der Waals surface area contributed by atoms with Gasteiger partial charge in [-0.05, 0) is 42.8 Å². The average molecular weight is 429 g/mol. The lowest BCUT2D eigenvalue weighted by Crippen LogP contribution is -2.23. The first-order chi connectivity index (χ1) is 13.8. The zero-order valence-corrected chi connectivity index (χ0v) is 17.6. The Kier molecular flexibility index (Phi) is 6.26. The highest BCUT2D eigenvalue weighted by Crippen LogP contribution is 2.22. The first-order valence-corrected chi connectivity index (χ1v) is 11.1. The van der Waals surface area contributed by atoms with Crippen molar-refractivity contribution >= 4 is 38.7 Å². The Morgan fingerprint density at radius 1 is 1.00 bits per heavy atom. The molecule has 1 aromatic heterocycles. The molecule has 6 nitrogen and oxygen atoms in total. The number of carbonyl (C=O) groups is 2. The quantitative estimate of drug-likeness (QED) is 0.561. The molecule has 0 bridgehead atoms. The van der Waals surface area contributed by atoms with Crippen LogP contribution >= 0.6 is 11.3 Å². The highest BCUT2D eigenvalue weighted by atomic mass is 32.2. The summed E-state index contributed by atoms with van der Waals surface area (Å²) in [6.07, 6.45) is 0. The number of rotatable bonds is 7. The minimum atomic E-state index is -3.74. The van der Waals surface area contributed by atoms with E-state index in [1.807, 2.05) is 6.07 Å². The van der Waals surface area contributed by atoms with E-state index in [-0.39, 0.29) is 23.1 Å². The van der Waals surface area contributed by atoms with Crippen molar-refractivity contribution in [3.8, 4) is 0 Å². The van der Waals surface area contributed by atoms with Crippen molar-refractivity contribution in [3.05, 3.63) is 81.5 Å². The van der Waals surface area contributed by atoms with Crippen molar-refractivity contribution in [1.29, 1.82) is 0 Å². The average Bonchev–Trinajstić information content (AvgIpc) is 3.15. The highest BCUT2D eigenvalue weighted by Gasteiger charge is 2.18. The maximum Gasteiger partial charge on any atom is 0.241 e. The number of ketones is 1. The molecule has 3 aromatic rings. The van der Waals surface area contributed by atoms with Crippen LogP contribution in [0.3, 0.4) is 0 Å². The van der Waals surface area contributed by atoms with E-state index in [0.29, 0.717) is 21.7 Å². The zero-order valence-electron chi connectivity index (χ0n) is 15.9. The molecule has 2 aromatic carbocycles. The number of hydrogen-bond acceptors (Lipinski definition) is 5. The third-order valence-electron chi connectivity index (χ3n) is 4.14. The van der Waals surface area contributed by atoms with Crippen LogP contribution in [-0.2, 0) is 21.4 Å². The SMILES string of the molecule is CC(=O)Nc1ccc(S(=O)(=O)NCc2ccc(C(=O)c3ccccc3)s2)c(C)c1. The standard InChI is InChI=1S/C21H20N2O4S2/c1-14-12-17(23-15(2)24)8-11-20(14)29(26,27)22-13-18-9-10-19(28-18)21(25)16-6-4-3-5-7-16/h3-12,22H,13H2,1-2H3,(H,23,24). The lowest BCUT2D eigenvalue weighted by Gasteiger charge is -2.10. The Hall–Kier alpha value is -2.81. The van der Waals surface area contributed by atoms with Crippen LogP contribution in [0.15, 0.2) is 65.6 Å². The Labute approximate surface area is 173 Å². The number of carbonyl (C=O) groups excluding carboxylic acids is 2. The summed E-state index contributed by atoms with van der Waals surface area (Å²) in [4.78, 5) is 25.1. The first kappa shape index (κ1) is 20.9. The largest absolute Gasteiger partial charge is 0.326 e. The number of anilines is 1. The van der Waals surface area contributed by atoms with Gasteiger partial charge < -0.3 is 5.32 Å². The number of nitrogens with one attached hydrogen (secondary N) is 2. The molecule has 0 saturated carbocycles. The molecule has 0 saturated heterocycles. The van der Waals surface area contributed by atoms with Crippen LogP contribution in [0.25, 0.3) is 0 Å². The van der Waals surface area contributed by atoms with Gasteiger partial charge in [0.25, 0.3) is 0 Å². The van der Waals surface area contributed by atoms with Crippen molar-refractivity contribution < 1.29 is 18.0 Å². The number of hydrogen-bond donors (Lipinski definition) is 2. The van der Waals surface area contributed by atoms with Crippen LogP contribution in [0, 0.1) is 6.92 Å². The van der Waals surface area contributed by atoms with E-state index >= 15 is 0 Å². The van der Waals surface area contributed by atoms with Gasteiger partial charge in [0.15, 0.2) is 0 Å². The van der Waals surface area contributed by atoms with Gasteiger partial charge >= 0.3 is 0 Å². The molecule has 0 radical (unpaired) electrons. The molecule has 2 N–H and O–H groups in total.